The van der Waals surface area contributed by atoms with Crippen molar-refractivity contribution < 1.29 is 4.74 Å². The molecule has 0 fully saturated rings. The number of anilines is 1. The molecule has 3 nitrogen and oxygen atoms in total. The summed E-state index contributed by atoms with van der Waals surface area (Å²) in [7, 11) is 0. The third kappa shape index (κ3) is 2.82. The quantitative estimate of drug-likeness (QED) is 0.917. The summed E-state index contributed by atoms with van der Waals surface area (Å²) in [4.78, 5) is 3.95. The molecule has 0 aliphatic rings. The molecule has 0 unspecified atom stereocenters. The van der Waals surface area contributed by atoms with Gasteiger partial charge in [-0.3, -0.25) is 4.98 Å². The maximum absolute atomic E-state index is 5.87. The van der Waals surface area contributed by atoms with Crippen LogP contribution in [0.25, 0.3) is 0 Å². The lowest BCUT2D eigenvalue weighted by Gasteiger charge is -2.15. The molecule has 0 spiro atoms. The number of ether oxygens (including phenoxy) is 1. The van der Waals surface area contributed by atoms with Gasteiger partial charge in [-0.2, -0.15) is 0 Å². The van der Waals surface area contributed by atoms with E-state index in [1.165, 1.54) is 0 Å². The fourth-order valence-electron chi connectivity index (χ4n) is 1.67. The lowest BCUT2D eigenvalue weighted by atomic mass is 10.0. The summed E-state index contributed by atoms with van der Waals surface area (Å²) >= 11 is 3.47. The Balaban J connectivity index is 2.37. The van der Waals surface area contributed by atoms with E-state index in [0.29, 0.717) is 17.4 Å². The van der Waals surface area contributed by atoms with E-state index in [-0.39, 0.29) is 0 Å². The first-order valence-electron chi connectivity index (χ1n) is 5.74. The summed E-state index contributed by atoms with van der Waals surface area (Å²) in [6.45, 7) is 4.26. The number of nitrogen functional groups attached to an aromatic ring is 1. The van der Waals surface area contributed by atoms with Crippen molar-refractivity contribution >= 4 is 21.6 Å². The van der Waals surface area contributed by atoms with Crippen LogP contribution in [-0.4, -0.2) is 4.98 Å². The van der Waals surface area contributed by atoms with Gasteiger partial charge in [0.2, 0.25) is 0 Å². The van der Waals surface area contributed by atoms with Gasteiger partial charge in [-0.15, -0.1) is 0 Å². The Morgan fingerprint density at radius 1 is 1.22 bits per heavy atom. The average Bonchev–Trinajstić information content (AvgIpc) is 2.34. The van der Waals surface area contributed by atoms with E-state index in [9.17, 15) is 0 Å². The Labute approximate surface area is 115 Å². The molecule has 1 aromatic carbocycles. The van der Waals surface area contributed by atoms with Crippen LogP contribution in [0.5, 0.6) is 11.5 Å². The van der Waals surface area contributed by atoms with Crippen LogP contribution in [0.4, 0.5) is 5.69 Å². The number of aromatic nitrogens is 1. The molecule has 94 valence electrons. The summed E-state index contributed by atoms with van der Waals surface area (Å²) in [5.41, 5.74) is 7.50. The third-order valence-corrected chi connectivity index (χ3v) is 3.12. The number of nitrogens with two attached hydrogens (primary N) is 1. The van der Waals surface area contributed by atoms with Crippen molar-refractivity contribution in [3.05, 3.63) is 46.7 Å². The van der Waals surface area contributed by atoms with E-state index in [2.05, 4.69) is 40.8 Å². The Bertz CT molecular complexity index is 555. The molecule has 0 radical (unpaired) electrons. The SMILES string of the molecule is CC(C)c1cc(Br)ccc1Oc1ccncc1N. The minimum atomic E-state index is 0.376. The fraction of sp³-hybridized carbons (Fsp3) is 0.214. The minimum absolute atomic E-state index is 0.376. The highest BCUT2D eigenvalue weighted by atomic mass is 79.9. The molecule has 2 rings (SSSR count). The summed E-state index contributed by atoms with van der Waals surface area (Å²) in [5.74, 6) is 1.83. The Morgan fingerprint density at radius 3 is 2.67 bits per heavy atom. The highest BCUT2D eigenvalue weighted by Crippen LogP contribution is 2.34. The molecule has 18 heavy (non-hydrogen) atoms. The Hall–Kier alpha value is -1.55. The molecule has 0 aliphatic heterocycles. The molecule has 1 aromatic heterocycles. The number of hydrogen-bond acceptors (Lipinski definition) is 3. The van der Waals surface area contributed by atoms with Crippen LogP contribution in [0.1, 0.15) is 25.3 Å². The van der Waals surface area contributed by atoms with Gasteiger partial charge in [0.05, 0.1) is 11.9 Å². The summed E-state index contributed by atoms with van der Waals surface area (Å²) in [6.07, 6.45) is 3.25. The van der Waals surface area contributed by atoms with Gasteiger partial charge in [0.25, 0.3) is 0 Å². The second-order valence-corrected chi connectivity index (χ2v) is 5.27. The number of benzene rings is 1. The van der Waals surface area contributed by atoms with Crippen LogP contribution in [0.3, 0.4) is 0 Å². The molecule has 0 atom stereocenters. The van der Waals surface area contributed by atoms with Crippen LogP contribution in [-0.2, 0) is 0 Å². The largest absolute Gasteiger partial charge is 0.455 e. The van der Waals surface area contributed by atoms with E-state index in [0.717, 1.165) is 15.8 Å². The second kappa shape index (κ2) is 5.40. The highest BCUT2D eigenvalue weighted by molar-refractivity contribution is 9.10. The van der Waals surface area contributed by atoms with Crippen molar-refractivity contribution in [1.29, 1.82) is 0 Å². The lowest BCUT2D eigenvalue weighted by molar-refractivity contribution is 0.474. The third-order valence-electron chi connectivity index (χ3n) is 2.62. The normalized spacial score (nSPS) is 10.7. The number of rotatable bonds is 3. The van der Waals surface area contributed by atoms with Gasteiger partial charge in [-0.05, 0) is 29.7 Å². The molecular weight excluding hydrogens is 292 g/mol. The van der Waals surface area contributed by atoms with Gasteiger partial charge in [-0.1, -0.05) is 29.8 Å². The highest BCUT2D eigenvalue weighted by Gasteiger charge is 2.10. The van der Waals surface area contributed by atoms with E-state index in [1.54, 1.807) is 18.5 Å². The monoisotopic (exact) mass is 306 g/mol. The zero-order valence-corrected chi connectivity index (χ0v) is 11.9. The van der Waals surface area contributed by atoms with Gasteiger partial charge in [0.15, 0.2) is 5.75 Å². The molecule has 0 bridgehead atoms. The number of halogens is 1. The molecule has 0 aliphatic carbocycles. The van der Waals surface area contributed by atoms with Gasteiger partial charge < -0.3 is 10.5 Å². The standard InChI is InChI=1S/C14H15BrN2O/c1-9(2)11-7-10(15)3-4-13(11)18-14-5-6-17-8-12(14)16/h3-9H,16H2,1-2H3. The summed E-state index contributed by atoms with van der Waals surface area (Å²) in [5, 5.41) is 0. The Kier molecular flexibility index (Phi) is 3.87. The van der Waals surface area contributed by atoms with Crippen molar-refractivity contribution in [2.45, 2.75) is 19.8 Å². The first-order valence-corrected chi connectivity index (χ1v) is 6.54. The number of pyridine rings is 1. The van der Waals surface area contributed by atoms with E-state index < -0.39 is 0 Å². The van der Waals surface area contributed by atoms with Gasteiger partial charge in [0, 0.05) is 16.7 Å². The zero-order valence-electron chi connectivity index (χ0n) is 10.4. The van der Waals surface area contributed by atoms with Crippen molar-refractivity contribution in [3.8, 4) is 11.5 Å². The second-order valence-electron chi connectivity index (χ2n) is 4.35. The van der Waals surface area contributed by atoms with Crippen molar-refractivity contribution in [1.82, 2.24) is 4.98 Å². The number of nitrogens with zero attached hydrogens (tertiary/aromatic N) is 1. The van der Waals surface area contributed by atoms with Crippen LogP contribution < -0.4 is 10.5 Å². The molecule has 2 aromatic rings. The van der Waals surface area contributed by atoms with Gasteiger partial charge >= 0.3 is 0 Å². The molecule has 0 saturated carbocycles. The first-order chi connectivity index (χ1) is 8.58. The van der Waals surface area contributed by atoms with E-state index >= 15 is 0 Å². The maximum atomic E-state index is 5.87. The fourth-order valence-corrected chi connectivity index (χ4v) is 2.05. The molecular formula is C14H15BrN2O. The van der Waals surface area contributed by atoms with E-state index in [4.69, 9.17) is 10.5 Å². The van der Waals surface area contributed by atoms with Gasteiger partial charge in [-0.25, -0.2) is 0 Å². The predicted molar refractivity (Wildman–Crippen MR) is 77.0 cm³/mol. The van der Waals surface area contributed by atoms with E-state index in [1.807, 2.05) is 12.1 Å². The van der Waals surface area contributed by atoms with Crippen LogP contribution in [0.2, 0.25) is 0 Å². The van der Waals surface area contributed by atoms with Crippen molar-refractivity contribution in [2.75, 3.05) is 5.73 Å². The molecule has 1 heterocycles. The molecule has 2 N–H and O–H groups in total. The maximum Gasteiger partial charge on any atom is 0.153 e. The van der Waals surface area contributed by atoms with Crippen LogP contribution >= 0.6 is 15.9 Å². The minimum Gasteiger partial charge on any atom is -0.455 e. The van der Waals surface area contributed by atoms with Crippen LogP contribution in [0, 0.1) is 0 Å². The number of hydrogen-bond donors (Lipinski definition) is 1. The Morgan fingerprint density at radius 2 is 2.00 bits per heavy atom. The summed E-state index contributed by atoms with van der Waals surface area (Å²) in [6, 6.07) is 7.73. The predicted octanol–water partition coefficient (Wildman–Crippen LogP) is 4.34. The molecule has 4 heteroatoms. The summed E-state index contributed by atoms with van der Waals surface area (Å²) < 4.78 is 6.91. The topological polar surface area (TPSA) is 48.1 Å². The van der Waals surface area contributed by atoms with Crippen molar-refractivity contribution in [2.24, 2.45) is 0 Å². The lowest BCUT2D eigenvalue weighted by Crippen LogP contribution is -1.97. The van der Waals surface area contributed by atoms with Crippen molar-refractivity contribution in [3.63, 3.8) is 0 Å². The smallest absolute Gasteiger partial charge is 0.153 e. The van der Waals surface area contributed by atoms with Gasteiger partial charge in [0.1, 0.15) is 5.75 Å². The molecule has 0 amide bonds. The average molecular weight is 307 g/mol. The van der Waals surface area contributed by atoms with Crippen LogP contribution in [0.15, 0.2) is 41.1 Å². The molecule has 0 saturated heterocycles. The zero-order chi connectivity index (χ0) is 13.1. The first kappa shape index (κ1) is 12.9.